The molecule has 0 aromatic heterocycles. The van der Waals surface area contributed by atoms with Crippen molar-refractivity contribution in [3.8, 4) is 0 Å². The molecule has 1 saturated heterocycles. The topological polar surface area (TPSA) is 12.5 Å². The lowest BCUT2D eigenvalue weighted by Gasteiger charge is -2.29. The Kier molecular flexibility index (Phi) is 3.02. The highest BCUT2D eigenvalue weighted by Gasteiger charge is 2.54. The molecule has 0 saturated carbocycles. The first-order chi connectivity index (χ1) is 7.45. The Hall–Kier alpha value is -0.530. The zero-order chi connectivity index (χ0) is 11.8. The van der Waals surface area contributed by atoms with Crippen molar-refractivity contribution >= 4 is 11.6 Å². The maximum Gasteiger partial charge on any atom is 0.0981 e. The second-order valence-electron chi connectivity index (χ2n) is 5.62. The molecule has 1 nitrogen and oxygen atoms in total. The van der Waals surface area contributed by atoms with E-state index in [2.05, 4.69) is 32.9 Å². The molecule has 0 bridgehead atoms. The molecule has 0 aliphatic carbocycles. The zero-order valence-electron chi connectivity index (χ0n) is 10.2. The largest absolute Gasteiger partial charge is 0.369 e. The molecule has 1 aromatic rings. The average molecular weight is 239 g/mol. The number of alkyl halides is 1. The minimum atomic E-state index is -0.0186. The van der Waals surface area contributed by atoms with Crippen LogP contribution in [0, 0.1) is 5.41 Å². The van der Waals surface area contributed by atoms with E-state index in [0.29, 0.717) is 0 Å². The van der Waals surface area contributed by atoms with Crippen LogP contribution in [0.4, 0.5) is 0 Å². The van der Waals surface area contributed by atoms with Crippen molar-refractivity contribution in [3.63, 3.8) is 0 Å². The quantitative estimate of drug-likeness (QED) is 0.569. The fraction of sp³-hybridized carbons (Fsp3) is 0.571. The molecule has 0 spiro atoms. The van der Waals surface area contributed by atoms with Crippen LogP contribution in [0.2, 0.25) is 0 Å². The molecular weight excluding hydrogens is 220 g/mol. The Bertz CT molecular complexity index is 349. The van der Waals surface area contributed by atoms with Gasteiger partial charge in [-0.2, -0.15) is 0 Å². The van der Waals surface area contributed by atoms with Gasteiger partial charge in [-0.05, 0) is 17.4 Å². The highest BCUT2D eigenvalue weighted by Crippen LogP contribution is 2.50. The van der Waals surface area contributed by atoms with Crippen LogP contribution >= 0.6 is 11.6 Å². The van der Waals surface area contributed by atoms with Gasteiger partial charge in [0, 0.05) is 0 Å². The first-order valence-corrected chi connectivity index (χ1v) is 6.21. The number of ether oxygens (including phenoxy) is 1. The van der Waals surface area contributed by atoms with Gasteiger partial charge in [0.25, 0.3) is 0 Å². The Morgan fingerprint density at radius 2 is 1.88 bits per heavy atom. The van der Waals surface area contributed by atoms with Gasteiger partial charge in [-0.15, -0.1) is 11.6 Å². The van der Waals surface area contributed by atoms with Gasteiger partial charge in [-0.3, -0.25) is 0 Å². The molecule has 2 unspecified atom stereocenters. The van der Waals surface area contributed by atoms with Gasteiger partial charge >= 0.3 is 0 Å². The maximum atomic E-state index is 6.46. The summed E-state index contributed by atoms with van der Waals surface area (Å²) in [4.78, 5) is 0. The Balaban J connectivity index is 2.06. The summed E-state index contributed by atoms with van der Waals surface area (Å²) in [5, 5.41) is 0.0444. The predicted molar refractivity (Wildman–Crippen MR) is 67.8 cm³/mol. The summed E-state index contributed by atoms with van der Waals surface area (Å²) >= 11 is 6.46. The van der Waals surface area contributed by atoms with Crippen molar-refractivity contribution in [2.75, 3.05) is 6.61 Å². The van der Waals surface area contributed by atoms with Gasteiger partial charge in [0.2, 0.25) is 0 Å². The zero-order valence-corrected chi connectivity index (χ0v) is 10.9. The summed E-state index contributed by atoms with van der Waals surface area (Å²) in [5.74, 6) is 0. The summed E-state index contributed by atoms with van der Waals surface area (Å²) in [5.41, 5.74) is 1.33. The van der Waals surface area contributed by atoms with Crippen LogP contribution in [0.1, 0.15) is 38.1 Å². The highest BCUT2D eigenvalue weighted by molar-refractivity contribution is 6.20. The van der Waals surface area contributed by atoms with E-state index in [9.17, 15) is 0 Å². The van der Waals surface area contributed by atoms with Crippen LogP contribution in [0.25, 0.3) is 0 Å². The number of halogens is 1. The minimum Gasteiger partial charge on any atom is -0.369 e. The van der Waals surface area contributed by atoms with Crippen molar-refractivity contribution in [3.05, 3.63) is 35.9 Å². The van der Waals surface area contributed by atoms with Crippen molar-refractivity contribution < 1.29 is 4.74 Å². The molecular formula is C14H19ClO. The van der Waals surface area contributed by atoms with Crippen LogP contribution < -0.4 is 0 Å². The summed E-state index contributed by atoms with van der Waals surface area (Å²) in [6, 6.07) is 10.2. The normalized spacial score (nSPS) is 26.5. The summed E-state index contributed by atoms with van der Waals surface area (Å²) in [7, 11) is 0. The maximum absolute atomic E-state index is 6.46. The van der Waals surface area contributed by atoms with E-state index in [0.717, 1.165) is 13.0 Å². The second-order valence-corrected chi connectivity index (χ2v) is 6.14. The molecule has 88 valence electrons. The third-order valence-corrected chi connectivity index (χ3v) is 3.94. The number of benzene rings is 1. The highest BCUT2D eigenvalue weighted by atomic mass is 35.5. The average Bonchev–Trinajstić information content (AvgIpc) is 2.99. The van der Waals surface area contributed by atoms with E-state index < -0.39 is 0 Å². The van der Waals surface area contributed by atoms with Crippen LogP contribution in [0.15, 0.2) is 30.3 Å². The van der Waals surface area contributed by atoms with Crippen LogP contribution in [-0.4, -0.2) is 12.2 Å². The fourth-order valence-electron chi connectivity index (χ4n) is 2.01. The van der Waals surface area contributed by atoms with Crippen molar-refractivity contribution in [1.29, 1.82) is 0 Å². The number of hydrogen-bond acceptors (Lipinski definition) is 1. The standard InChI is InChI=1S/C14H19ClO/c1-13(2,3)14(10-16-14)9-12(15)11-7-5-4-6-8-11/h4-8,12H,9-10H2,1-3H3. The van der Waals surface area contributed by atoms with Gasteiger partial charge in [-0.1, -0.05) is 51.1 Å². The molecule has 1 heterocycles. The first-order valence-electron chi connectivity index (χ1n) is 5.78. The second kappa shape index (κ2) is 4.05. The molecule has 2 rings (SSSR count). The number of hydrogen-bond donors (Lipinski definition) is 0. The van der Waals surface area contributed by atoms with E-state index in [1.165, 1.54) is 5.56 Å². The van der Waals surface area contributed by atoms with Gasteiger partial charge < -0.3 is 4.74 Å². The van der Waals surface area contributed by atoms with E-state index in [4.69, 9.17) is 16.3 Å². The predicted octanol–water partition coefficient (Wildman–Crippen LogP) is 4.17. The van der Waals surface area contributed by atoms with E-state index in [1.54, 1.807) is 0 Å². The van der Waals surface area contributed by atoms with Gasteiger partial charge in [0.15, 0.2) is 0 Å². The summed E-state index contributed by atoms with van der Waals surface area (Å²) in [6.07, 6.45) is 0.891. The lowest BCUT2D eigenvalue weighted by Crippen LogP contribution is -2.31. The van der Waals surface area contributed by atoms with E-state index in [-0.39, 0.29) is 16.4 Å². The molecule has 1 aliphatic heterocycles. The smallest absolute Gasteiger partial charge is 0.0981 e. The molecule has 0 amide bonds. The lowest BCUT2D eigenvalue weighted by atomic mass is 9.77. The summed E-state index contributed by atoms with van der Waals surface area (Å²) < 4.78 is 5.67. The number of rotatable bonds is 3. The molecule has 2 atom stereocenters. The number of epoxide rings is 1. The molecule has 0 radical (unpaired) electrons. The van der Waals surface area contributed by atoms with Crippen LogP contribution in [0.3, 0.4) is 0 Å². The molecule has 1 aliphatic rings. The minimum absolute atomic E-state index is 0.0186. The Morgan fingerprint density at radius 1 is 1.31 bits per heavy atom. The molecule has 1 fully saturated rings. The van der Waals surface area contributed by atoms with Crippen molar-refractivity contribution in [2.24, 2.45) is 5.41 Å². The Labute approximate surface area is 103 Å². The SMILES string of the molecule is CC(C)(C)C1(CC(Cl)c2ccccc2)CO1. The van der Waals surface area contributed by atoms with Gasteiger partial charge in [-0.25, -0.2) is 0 Å². The van der Waals surface area contributed by atoms with Crippen LogP contribution in [0.5, 0.6) is 0 Å². The Morgan fingerprint density at radius 3 is 2.31 bits per heavy atom. The molecule has 0 N–H and O–H groups in total. The van der Waals surface area contributed by atoms with Crippen molar-refractivity contribution in [1.82, 2.24) is 0 Å². The first kappa shape index (κ1) is 11.9. The fourth-order valence-corrected chi connectivity index (χ4v) is 2.41. The third kappa shape index (κ3) is 2.26. The molecule has 16 heavy (non-hydrogen) atoms. The van der Waals surface area contributed by atoms with Gasteiger partial charge in [0.1, 0.15) is 0 Å². The van der Waals surface area contributed by atoms with Gasteiger partial charge in [0.05, 0.1) is 17.6 Å². The van der Waals surface area contributed by atoms with E-state index in [1.807, 2.05) is 18.2 Å². The van der Waals surface area contributed by atoms with Crippen molar-refractivity contribution in [2.45, 2.75) is 38.2 Å². The molecule has 2 heteroatoms. The lowest BCUT2D eigenvalue weighted by molar-refractivity contribution is 0.144. The molecule has 1 aromatic carbocycles. The van der Waals surface area contributed by atoms with Crippen LogP contribution in [-0.2, 0) is 4.74 Å². The monoisotopic (exact) mass is 238 g/mol. The summed E-state index contributed by atoms with van der Waals surface area (Å²) in [6.45, 7) is 7.49. The third-order valence-electron chi connectivity index (χ3n) is 3.53. The van der Waals surface area contributed by atoms with E-state index >= 15 is 0 Å².